The lowest BCUT2D eigenvalue weighted by atomic mass is 9.87. The molecule has 0 spiro atoms. The second kappa shape index (κ2) is 18.4. The van der Waals surface area contributed by atoms with E-state index < -0.39 is 47.5 Å². The van der Waals surface area contributed by atoms with Gasteiger partial charge in [0, 0.05) is 12.3 Å². The highest BCUT2D eigenvalue weighted by atomic mass is 16.6. The largest absolute Gasteiger partial charge is 0.448 e. The molecule has 0 saturated carbocycles. The van der Waals surface area contributed by atoms with Crippen molar-refractivity contribution in [3.63, 3.8) is 0 Å². The average Bonchev–Trinajstić information content (AvgIpc) is 3.79. The molecule has 0 aromatic heterocycles. The summed E-state index contributed by atoms with van der Waals surface area (Å²) in [6.07, 6.45) is 0.553. The fourth-order valence-electron chi connectivity index (χ4n) is 5.93. The number of carbonyl (C=O) groups excluding carboxylic acids is 5. The van der Waals surface area contributed by atoms with E-state index in [0.717, 1.165) is 11.1 Å². The average molecular weight is 693 g/mol. The summed E-state index contributed by atoms with van der Waals surface area (Å²) in [7, 11) is 5.59. The summed E-state index contributed by atoms with van der Waals surface area (Å²) >= 11 is 0. The van der Waals surface area contributed by atoms with Crippen LogP contribution >= 0.6 is 0 Å². The Morgan fingerprint density at radius 3 is 1.84 bits per heavy atom. The number of hydrogen-bond donors (Lipinski definition) is 2. The van der Waals surface area contributed by atoms with E-state index in [1.54, 1.807) is 6.92 Å². The lowest BCUT2D eigenvalue weighted by Crippen LogP contribution is -2.51. The zero-order valence-electron chi connectivity index (χ0n) is 31.2. The molecule has 50 heavy (non-hydrogen) atoms. The van der Waals surface area contributed by atoms with Crippen molar-refractivity contribution in [2.75, 3.05) is 34.3 Å². The third kappa shape index (κ3) is 13.8. The van der Waals surface area contributed by atoms with Crippen LogP contribution in [-0.2, 0) is 46.3 Å². The lowest BCUT2D eigenvalue weighted by Gasteiger charge is -2.27. The maximum atomic E-state index is 14.1. The van der Waals surface area contributed by atoms with Gasteiger partial charge in [-0.15, -0.1) is 0 Å². The summed E-state index contributed by atoms with van der Waals surface area (Å²) < 4.78 is 11.5. The normalized spacial score (nSPS) is 18.1. The molecule has 1 aliphatic rings. The van der Waals surface area contributed by atoms with Gasteiger partial charge in [0.25, 0.3) is 5.91 Å². The van der Waals surface area contributed by atoms with Crippen molar-refractivity contribution in [1.82, 2.24) is 10.6 Å². The number of Topliss-reactive ketones (excluding diaryl/α,β-unsaturated/α-hetero) is 2. The zero-order valence-corrected chi connectivity index (χ0v) is 31.2. The smallest absolute Gasteiger partial charge is 0.362 e. The van der Waals surface area contributed by atoms with Crippen LogP contribution in [-0.4, -0.2) is 91.9 Å². The number of hydrogen-bond acceptors (Lipinski definition) is 7. The zero-order chi connectivity index (χ0) is 37.1. The quantitative estimate of drug-likeness (QED) is 0.112. The minimum atomic E-state index is -1.10. The van der Waals surface area contributed by atoms with Crippen LogP contribution in [0.2, 0.25) is 0 Å². The number of ether oxygens (including phenoxy) is 2. The molecule has 1 aliphatic heterocycles. The summed E-state index contributed by atoms with van der Waals surface area (Å²) in [4.78, 5) is 68.1. The van der Waals surface area contributed by atoms with Gasteiger partial charge < -0.3 is 24.6 Å². The number of ketones is 2. The predicted molar refractivity (Wildman–Crippen MR) is 193 cm³/mol. The fourth-order valence-corrected chi connectivity index (χ4v) is 5.93. The number of likely N-dealkylation sites (N-methyl/N-ethyl adjacent to an activating group) is 1. The minimum absolute atomic E-state index is 0.0430. The molecule has 274 valence electrons. The standard InChI is InChI=1S/C40H57N3O7/c1-27(2)21-32(41-39(48)35(50-36(45)25-43(6,7)8)20-19-29-15-11-9-12-16-29)34(44)24-31(23-30-17-13-10-14-18-30)38(47)42-33(22-28(3)4)37(46)40(5)26-49-40/h9-18,27-28,31-33,35H,19-26H2,1-8H3,(H-,41,42,47,48)/p+1/t31-,32+,33+,35+,40-/m1/s1. The third-order valence-corrected chi connectivity index (χ3v) is 8.70. The molecule has 2 aromatic rings. The first kappa shape index (κ1) is 40.5. The van der Waals surface area contributed by atoms with Crippen molar-refractivity contribution >= 4 is 29.4 Å². The molecule has 0 unspecified atom stereocenters. The first-order chi connectivity index (χ1) is 23.5. The number of rotatable bonds is 21. The molecule has 2 aromatic carbocycles. The lowest BCUT2D eigenvalue weighted by molar-refractivity contribution is -0.862. The Balaban J connectivity index is 1.83. The van der Waals surface area contributed by atoms with Crippen molar-refractivity contribution in [3.8, 4) is 0 Å². The highest BCUT2D eigenvalue weighted by Gasteiger charge is 2.50. The number of epoxide rings is 1. The van der Waals surface area contributed by atoms with Crippen molar-refractivity contribution < 1.29 is 37.9 Å². The van der Waals surface area contributed by atoms with E-state index >= 15 is 0 Å². The van der Waals surface area contributed by atoms with Gasteiger partial charge in [-0.25, -0.2) is 4.79 Å². The first-order valence-corrected chi connectivity index (χ1v) is 17.8. The topological polar surface area (TPSA) is 131 Å². The van der Waals surface area contributed by atoms with E-state index in [-0.39, 0.29) is 49.2 Å². The van der Waals surface area contributed by atoms with Gasteiger partial charge >= 0.3 is 5.97 Å². The van der Waals surface area contributed by atoms with E-state index in [1.165, 1.54) is 0 Å². The summed E-state index contributed by atoms with van der Waals surface area (Å²) in [5.41, 5.74) is 0.963. The Labute approximate surface area is 298 Å². The number of nitrogens with one attached hydrogen (secondary N) is 2. The van der Waals surface area contributed by atoms with Crippen LogP contribution < -0.4 is 10.6 Å². The number of benzene rings is 2. The number of aryl methyl sites for hydroxylation is 1. The van der Waals surface area contributed by atoms with Crippen molar-refractivity contribution in [2.24, 2.45) is 17.8 Å². The van der Waals surface area contributed by atoms with E-state index in [4.69, 9.17) is 9.47 Å². The molecule has 5 atom stereocenters. The Morgan fingerprint density at radius 2 is 1.32 bits per heavy atom. The van der Waals surface area contributed by atoms with Crippen LogP contribution in [0, 0.1) is 17.8 Å². The number of amides is 2. The van der Waals surface area contributed by atoms with Crippen molar-refractivity contribution in [2.45, 2.75) is 96.9 Å². The van der Waals surface area contributed by atoms with Crippen LogP contribution in [0.25, 0.3) is 0 Å². The van der Waals surface area contributed by atoms with Gasteiger partial charge in [-0.2, -0.15) is 0 Å². The molecule has 0 radical (unpaired) electrons. The molecule has 10 nitrogen and oxygen atoms in total. The molecule has 1 heterocycles. The van der Waals surface area contributed by atoms with Crippen LogP contribution in [0.3, 0.4) is 0 Å². The maximum absolute atomic E-state index is 14.1. The summed E-state index contributed by atoms with van der Waals surface area (Å²) in [5.74, 6) is -2.52. The monoisotopic (exact) mass is 692 g/mol. The molecule has 1 fully saturated rings. The Bertz CT molecular complexity index is 1430. The molecule has 0 bridgehead atoms. The molecular weight excluding hydrogens is 634 g/mol. The molecule has 0 aliphatic carbocycles. The third-order valence-electron chi connectivity index (χ3n) is 8.70. The molecular formula is C40H58N3O7+. The van der Waals surface area contributed by atoms with Crippen LogP contribution in [0.4, 0.5) is 0 Å². The van der Waals surface area contributed by atoms with E-state index in [9.17, 15) is 24.0 Å². The number of esters is 1. The Kier molecular flexibility index (Phi) is 14.9. The van der Waals surface area contributed by atoms with Crippen LogP contribution in [0.15, 0.2) is 60.7 Å². The van der Waals surface area contributed by atoms with Gasteiger partial charge in [-0.3, -0.25) is 19.2 Å². The summed E-state index contributed by atoms with van der Waals surface area (Å²) in [5, 5.41) is 5.87. The first-order valence-electron chi connectivity index (χ1n) is 17.8. The predicted octanol–water partition coefficient (Wildman–Crippen LogP) is 4.48. The SMILES string of the molecule is CC(C)C[C@H](NC(=O)[C@H](CCc1ccccc1)OC(=O)C[N+](C)(C)C)C(=O)C[C@@H](Cc1ccccc1)C(=O)N[C@@H](CC(C)C)C(=O)[C@@]1(C)CO1. The number of nitrogens with zero attached hydrogens (tertiary/aromatic N) is 1. The molecule has 1 saturated heterocycles. The maximum Gasteiger partial charge on any atom is 0.362 e. The Hall–Kier alpha value is -3.89. The van der Waals surface area contributed by atoms with Crippen LogP contribution in [0.1, 0.15) is 71.4 Å². The minimum Gasteiger partial charge on any atom is -0.448 e. The van der Waals surface area contributed by atoms with Gasteiger partial charge in [0.05, 0.1) is 39.8 Å². The van der Waals surface area contributed by atoms with Crippen LogP contribution in [0.5, 0.6) is 0 Å². The fraction of sp³-hybridized carbons (Fsp3) is 0.575. The Morgan fingerprint density at radius 1 is 0.800 bits per heavy atom. The van der Waals surface area contributed by atoms with Gasteiger partial charge in [-0.1, -0.05) is 88.4 Å². The molecule has 3 rings (SSSR count). The molecule has 10 heteroatoms. The number of quaternary nitrogens is 1. The van der Waals surface area contributed by atoms with Gasteiger partial charge in [0.1, 0.15) is 5.60 Å². The van der Waals surface area contributed by atoms with E-state index in [2.05, 4.69) is 10.6 Å². The molecule has 2 amide bonds. The van der Waals surface area contributed by atoms with Gasteiger partial charge in [-0.05, 0) is 62.0 Å². The van der Waals surface area contributed by atoms with Crippen molar-refractivity contribution in [1.29, 1.82) is 0 Å². The highest BCUT2D eigenvalue weighted by Crippen LogP contribution is 2.30. The highest BCUT2D eigenvalue weighted by molar-refractivity contribution is 5.98. The molecule has 2 N–H and O–H groups in total. The summed E-state index contributed by atoms with van der Waals surface area (Å²) in [6, 6.07) is 17.4. The summed E-state index contributed by atoms with van der Waals surface area (Å²) in [6.45, 7) is 10.0. The van der Waals surface area contributed by atoms with E-state index in [0.29, 0.717) is 30.4 Å². The van der Waals surface area contributed by atoms with Gasteiger partial charge in [0.2, 0.25) is 5.91 Å². The van der Waals surface area contributed by atoms with E-state index in [1.807, 2.05) is 110 Å². The second-order valence-electron chi connectivity index (χ2n) is 15.8. The van der Waals surface area contributed by atoms with Gasteiger partial charge in [0.15, 0.2) is 24.2 Å². The number of carbonyl (C=O) groups is 5. The van der Waals surface area contributed by atoms with Crippen molar-refractivity contribution in [3.05, 3.63) is 71.8 Å². The second-order valence-corrected chi connectivity index (χ2v) is 15.8.